The van der Waals surface area contributed by atoms with Crippen molar-refractivity contribution in [3.8, 4) is 33.4 Å². The molecule has 0 unspecified atom stereocenters. The molecule has 0 N–H and O–H groups in total. The molecule has 202 valence electrons. The van der Waals surface area contributed by atoms with E-state index in [1.54, 1.807) is 0 Å². The topological polar surface area (TPSA) is 0 Å². The quantitative estimate of drug-likeness (QED) is 0.191. The molecule has 0 amide bonds. The Morgan fingerprint density at radius 2 is 0.545 bits per heavy atom. The van der Waals surface area contributed by atoms with Crippen molar-refractivity contribution in [2.24, 2.45) is 0 Å². The monoisotopic (exact) mass is 554 g/mol. The summed E-state index contributed by atoms with van der Waals surface area (Å²) in [7, 11) is 0. The molecule has 44 heavy (non-hydrogen) atoms. The minimum atomic E-state index is 1.23. The van der Waals surface area contributed by atoms with E-state index >= 15 is 0 Å². The van der Waals surface area contributed by atoms with Gasteiger partial charge in [-0.25, -0.2) is 0 Å². The largest absolute Gasteiger partial charge is 0.0610 e. The van der Waals surface area contributed by atoms with E-state index in [-0.39, 0.29) is 0 Å². The Kier molecular flexibility index (Phi) is 4.81. The van der Waals surface area contributed by atoms with E-state index < -0.39 is 0 Å². The molecule has 0 heteroatoms. The first kappa shape index (κ1) is 23.8. The molecule has 0 aliphatic carbocycles. The SMILES string of the molecule is c1cc2ccc3cccc4c(-c5ccc(-c6ccc(-c7cc8cccc9ccc%10cccc7c%10c98)cc6)cc5)cc(c1)c2c34. The molecule has 0 saturated heterocycles. The highest BCUT2D eigenvalue weighted by atomic mass is 14.2. The smallest absolute Gasteiger partial charge is 0.00206 e. The number of hydrogen-bond donors (Lipinski definition) is 0. The Bertz CT molecular complexity index is 2480. The maximum Gasteiger partial charge on any atom is -0.00206 e. The standard InChI is InChI=1S/C44H26/c1-5-31-21-23-33-7-3-11-37-39(25-35(9-1)41(31)43(33)37)29-17-13-27(14-18-29)28-15-19-30(20-16-28)40-26-36-10-2-6-32-22-24-34-8-4-12-38(40)44(34)42(32)36/h1-26H. The van der Waals surface area contributed by atoms with Crippen molar-refractivity contribution in [1.29, 1.82) is 0 Å². The number of hydrogen-bond acceptors (Lipinski definition) is 0. The highest BCUT2D eigenvalue weighted by Crippen LogP contribution is 2.42. The maximum absolute atomic E-state index is 2.37. The van der Waals surface area contributed by atoms with Crippen LogP contribution in [-0.4, -0.2) is 0 Å². The van der Waals surface area contributed by atoms with Gasteiger partial charge in [0, 0.05) is 0 Å². The molecule has 10 rings (SSSR count). The summed E-state index contributed by atoms with van der Waals surface area (Å²) in [6, 6.07) is 58.6. The molecule has 0 saturated carbocycles. The van der Waals surface area contributed by atoms with Gasteiger partial charge in [0.1, 0.15) is 0 Å². The predicted octanol–water partition coefficient (Wildman–Crippen LogP) is 12.5. The van der Waals surface area contributed by atoms with Crippen LogP contribution >= 0.6 is 0 Å². The zero-order valence-corrected chi connectivity index (χ0v) is 24.0. The second kappa shape index (κ2) is 8.89. The minimum absolute atomic E-state index is 1.23. The van der Waals surface area contributed by atoms with Crippen LogP contribution in [0.5, 0.6) is 0 Å². The third kappa shape index (κ3) is 3.34. The van der Waals surface area contributed by atoms with E-state index in [1.165, 1.54) is 98.0 Å². The van der Waals surface area contributed by atoms with Gasteiger partial charge in [-0.15, -0.1) is 0 Å². The molecule has 10 aromatic carbocycles. The second-order valence-corrected chi connectivity index (χ2v) is 12.1. The van der Waals surface area contributed by atoms with Crippen LogP contribution < -0.4 is 0 Å². The van der Waals surface area contributed by atoms with Crippen molar-refractivity contribution in [2.75, 3.05) is 0 Å². The first-order valence-corrected chi connectivity index (χ1v) is 15.3. The summed E-state index contributed by atoms with van der Waals surface area (Å²) >= 11 is 0. The van der Waals surface area contributed by atoms with Crippen molar-refractivity contribution < 1.29 is 0 Å². The van der Waals surface area contributed by atoms with Gasteiger partial charge in [-0.05, 0) is 110 Å². The van der Waals surface area contributed by atoms with E-state index in [0.29, 0.717) is 0 Å². The predicted molar refractivity (Wildman–Crippen MR) is 190 cm³/mol. The van der Waals surface area contributed by atoms with Gasteiger partial charge in [-0.3, -0.25) is 0 Å². The van der Waals surface area contributed by atoms with Gasteiger partial charge < -0.3 is 0 Å². The fraction of sp³-hybridized carbons (Fsp3) is 0. The average molecular weight is 555 g/mol. The Balaban J connectivity index is 1.06. The van der Waals surface area contributed by atoms with Gasteiger partial charge in [0.2, 0.25) is 0 Å². The Labute approximate surface area is 255 Å². The molecule has 0 heterocycles. The lowest BCUT2D eigenvalue weighted by Crippen LogP contribution is -1.89. The summed E-state index contributed by atoms with van der Waals surface area (Å²) in [4.78, 5) is 0. The molecule has 0 nitrogen and oxygen atoms in total. The minimum Gasteiger partial charge on any atom is -0.0610 e. The molecule has 0 aliphatic rings. The Morgan fingerprint density at radius 1 is 0.227 bits per heavy atom. The molecular weight excluding hydrogens is 528 g/mol. The van der Waals surface area contributed by atoms with Gasteiger partial charge in [0.25, 0.3) is 0 Å². The number of benzene rings is 10. The summed E-state index contributed by atoms with van der Waals surface area (Å²) in [5, 5.41) is 15.9. The van der Waals surface area contributed by atoms with Gasteiger partial charge >= 0.3 is 0 Å². The summed E-state index contributed by atoms with van der Waals surface area (Å²) < 4.78 is 0. The lowest BCUT2D eigenvalue weighted by atomic mass is 9.88. The van der Waals surface area contributed by atoms with Crippen molar-refractivity contribution in [1.82, 2.24) is 0 Å². The average Bonchev–Trinajstić information content (AvgIpc) is 3.09. The van der Waals surface area contributed by atoms with Crippen LogP contribution in [0.3, 0.4) is 0 Å². The van der Waals surface area contributed by atoms with Gasteiger partial charge in [-0.2, -0.15) is 0 Å². The van der Waals surface area contributed by atoms with E-state index in [1.807, 2.05) is 0 Å². The van der Waals surface area contributed by atoms with Crippen molar-refractivity contribution in [3.63, 3.8) is 0 Å². The lowest BCUT2D eigenvalue weighted by Gasteiger charge is -2.16. The third-order valence-electron chi connectivity index (χ3n) is 9.74. The normalized spacial score (nSPS) is 12.1. The number of rotatable bonds is 3. The van der Waals surface area contributed by atoms with Crippen molar-refractivity contribution >= 4 is 64.6 Å². The van der Waals surface area contributed by atoms with Crippen LogP contribution in [-0.2, 0) is 0 Å². The fourth-order valence-electron chi connectivity index (χ4n) is 7.69. The molecule has 0 aromatic heterocycles. The highest BCUT2D eigenvalue weighted by molar-refractivity contribution is 6.27. The van der Waals surface area contributed by atoms with Crippen LogP contribution in [0.1, 0.15) is 0 Å². The Hall–Kier alpha value is -5.72. The van der Waals surface area contributed by atoms with Crippen molar-refractivity contribution in [2.45, 2.75) is 0 Å². The summed E-state index contributed by atoms with van der Waals surface area (Å²) in [5.74, 6) is 0. The molecule has 0 atom stereocenters. The molecular formula is C44H26. The van der Waals surface area contributed by atoms with Crippen LogP contribution in [0.4, 0.5) is 0 Å². The first-order chi connectivity index (χ1) is 21.8. The highest BCUT2D eigenvalue weighted by Gasteiger charge is 2.15. The molecule has 0 fully saturated rings. The fourth-order valence-corrected chi connectivity index (χ4v) is 7.69. The van der Waals surface area contributed by atoms with E-state index in [2.05, 4.69) is 158 Å². The van der Waals surface area contributed by atoms with Crippen LogP contribution in [0.15, 0.2) is 158 Å². The molecule has 0 aliphatic heterocycles. The van der Waals surface area contributed by atoms with E-state index in [0.717, 1.165) is 0 Å². The molecule has 10 aromatic rings. The third-order valence-corrected chi connectivity index (χ3v) is 9.74. The van der Waals surface area contributed by atoms with Gasteiger partial charge in [0.05, 0.1) is 0 Å². The van der Waals surface area contributed by atoms with Crippen molar-refractivity contribution in [3.05, 3.63) is 158 Å². The van der Waals surface area contributed by atoms with E-state index in [4.69, 9.17) is 0 Å². The summed E-state index contributed by atoms with van der Waals surface area (Å²) in [6.07, 6.45) is 0. The van der Waals surface area contributed by atoms with Crippen LogP contribution in [0, 0.1) is 0 Å². The van der Waals surface area contributed by atoms with Crippen LogP contribution in [0.2, 0.25) is 0 Å². The Morgan fingerprint density at radius 3 is 0.955 bits per heavy atom. The second-order valence-electron chi connectivity index (χ2n) is 12.1. The van der Waals surface area contributed by atoms with Gasteiger partial charge in [0.15, 0.2) is 0 Å². The van der Waals surface area contributed by atoms with E-state index in [9.17, 15) is 0 Å². The zero-order chi connectivity index (χ0) is 28.8. The maximum atomic E-state index is 2.37. The molecule has 0 radical (unpaired) electrons. The van der Waals surface area contributed by atoms with Crippen LogP contribution in [0.25, 0.3) is 98.0 Å². The summed E-state index contributed by atoms with van der Waals surface area (Å²) in [6.45, 7) is 0. The van der Waals surface area contributed by atoms with Gasteiger partial charge in [-0.1, -0.05) is 146 Å². The molecule has 0 spiro atoms. The molecule has 0 bridgehead atoms. The lowest BCUT2D eigenvalue weighted by molar-refractivity contribution is 1.60. The summed E-state index contributed by atoms with van der Waals surface area (Å²) in [5.41, 5.74) is 7.53. The first-order valence-electron chi connectivity index (χ1n) is 15.3. The zero-order valence-electron chi connectivity index (χ0n) is 24.0.